The summed E-state index contributed by atoms with van der Waals surface area (Å²) in [6.45, 7) is 3.20. The van der Waals surface area contributed by atoms with Gasteiger partial charge in [-0.3, -0.25) is 4.79 Å². The van der Waals surface area contributed by atoms with Crippen molar-refractivity contribution >= 4 is 17.7 Å². The fourth-order valence-corrected chi connectivity index (χ4v) is 1.68. The van der Waals surface area contributed by atoms with Crippen LogP contribution in [0.3, 0.4) is 0 Å². The van der Waals surface area contributed by atoms with Gasteiger partial charge >= 0.3 is 0 Å². The molecule has 0 aliphatic heterocycles. The summed E-state index contributed by atoms with van der Waals surface area (Å²) in [5.41, 5.74) is 0.913. The average molecular weight is 290 g/mol. The highest BCUT2D eigenvalue weighted by Gasteiger charge is 2.18. The van der Waals surface area contributed by atoms with Crippen molar-refractivity contribution in [3.63, 3.8) is 0 Å². The maximum Gasteiger partial charge on any atom is 0.258 e. The molecule has 0 saturated carbocycles. The van der Waals surface area contributed by atoms with Gasteiger partial charge in [-0.1, -0.05) is 5.21 Å². The SMILES string of the molecule is CC(=O)c1nnn(-c2nc(N(C)C)nc(N(C)C)n2)c1C. The van der Waals surface area contributed by atoms with Crippen molar-refractivity contribution in [3.8, 4) is 5.95 Å². The first-order chi connectivity index (χ1) is 9.81. The van der Waals surface area contributed by atoms with Crippen LogP contribution in [-0.2, 0) is 0 Å². The van der Waals surface area contributed by atoms with Crippen LogP contribution in [0, 0.1) is 6.92 Å². The molecule has 2 heterocycles. The Hall–Kier alpha value is -2.58. The highest BCUT2D eigenvalue weighted by atomic mass is 16.1. The predicted octanol–water partition coefficient (Wildman–Crippen LogP) is 0.0953. The van der Waals surface area contributed by atoms with E-state index in [-0.39, 0.29) is 5.78 Å². The zero-order valence-electron chi connectivity index (χ0n) is 13.0. The molecule has 112 valence electrons. The standard InChI is InChI=1S/C12H18N8O/c1-7-9(8(2)21)16-17-20(7)12-14-10(18(3)4)13-11(15-12)19(5)6/h1-6H3. The van der Waals surface area contributed by atoms with Gasteiger partial charge in [0.1, 0.15) is 0 Å². The minimum atomic E-state index is -0.145. The number of Topliss-reactive ketones (excluding diaryl/α,β-unsaturated/α-hetero) is 1. The van der Waals surface area contributed by atoms with E-state index in [0.717, 1.165) is 0 Å². The van der Waals surface area contributed by atoms with Gasteiger partial charge in [0.25, 0.3) is 5.95 Å². The van der Waals surface area contributed by atoms with E-state index in [1.54, 1.807) is 16.7 Å². The zero-order valence-corrected chi connectivity index (χ0v) is 13.0. The fourth-order valence-electron chi connectivity index (χ4n) is 1.68. The smallest absolute Gasteiger partial charge is 0.258 e. The van der Waals surface area contributed by atoms with E-state index < -0.39 is 0 Å². The fraction of sp³-hybridized carbons (Fsp3) is 0.500. The van der Waals surface area contributed by atoms with E-state index in [1.807, 2.05) is 28.2 Å². The number of ketones is 1. The minimum absolute atomic E-state index is 0.145. The lowest BCUT2D eigenvalue weighted by molar-refractivity contribution is 0.101. The second-order valence-corrected chi connectivity index (χ2v) is 5.02. The lowest BCUT2D eigenvalue weighted by Gasteiger charge is -2.16. The van der Waals surface area contributed by atoms with Crippen molar-refractivity contribution in [1.29, 1.82) is 0 Å². The molecule has 0 saturated heterocycles. The van der Waals surface area contributed by atoms with Gasteiger partial charge in [-0.05, 0) is 6.92 Å². The first-order valence-corrected chi connectivity index (χ1v) is 6.35. The molecule has 2 rings (SSSR count). The number of rotatable bonds is 4. The highest BCUT2D eigenvalue weighted by Crippen LogP contribution is 2.15. The maximum atomic E-state index is 11.5. The summed E-state index contributed by atoms with van der Waals surface area (Å²) in [7, 11) is 7.36. The van der Waals surface area contributed by atoms with E-state index >= 15 is 0 Å². The van der Waals surface area contributed by atoms with Crippen molar-refractivity contribution in [2.45, 2.75) is 13.8 Å². The predicted molar refractivity (Wildman–Crippen MR) is 78.1 cm³/mol. The van der Waals surface area contributed by atoms with Crippen molar-refractivity contribution in [1.82, 2.24) is 29.9 Å². The minimum Gasteiger partial charge on any atom is -0.347 e. The van der Waals surface area contributed by atoms with E-state index in [4.69, 9.17) is 0 Å². The molecule has 0 aliphatic carbocycles. The molecule has 0 aromatic carbocycles. The van der Waals surface area contributed by atoms with Crippen LogP contribution in [0.15, 0.2) is 0 Å². The molecule has 0 unspecified atom stereocenters. The molecular formula is C12H18N8O. The first-order valence-electron chi connectivity index (χ1n) is 6.35. The number of carbonyl (C=O) groups excluding carboxylic acids is 1. The molecule has 0 amide bonds. The lowest BCUT2D eigenvalue weighted by atomic mass is 10.2. The second-order valence-electron chi connectivity index (χ2n) is 5.02. The molecular weight excluding hydrogens is 272 g/mol. The normalized spacial score (nSPS) is 10.6. The summed E-state index contributed by atoms with van der Waals surface area (Å²) < 4.78 is 1.44. The molecule has 9 heteroatoms. The van der Waals surface area contributed by atoms with Gasteiger partial charge in [-0.15, -0.1) is 5.10 Å². The molecule has 9 nitrogen and oxygen atoms in total. The second kappa shape index (κ2) is 5.43. The molecule has 0 bridgehead atoms. The van der Waals surface area contributed by atoms with Crippen LogP contribution in [0.5, 0.6) is 0 Å². The van der Waals surface area contributed by atoms with Gasteiger partial charge in [-0.2, -0.15) is 19.6 Å². The molecule has 21 heavy (non-hydrogen) atoms. The highest BCUT2D eigenvalue weighted by molar-refractivity contribution is 5.93. The van der Waals surface area contributed by atoms with E-state index in [9.17, 15) is 4.79 Å². The van der Waals surface area contributed by atoms with Gasteiger partial charge in [0, 0.05) is 35.1 Å². The number of carbonyl (C=O) groups is 1. The summed E-state index contributed by atoms with van der Waals surface area (Å²) >= 11 is 0. The average Bonchev–Trinajstić information content (AvgIpc) is 2.80. The maximum absolute atomic E-state index is 11.5. The van der Waals surface area contributed by atoms with Gasteiger partial charge in [0.05, 0.1) is 5.69 Å². The van der Waals surface area contributed by atoms with Crippen LogP contribution < -0.4 is 9.80 Å². The first kappa shape index (κ1) is 14.8. The summed E-state index contributed by atoms with van der Waals surface area (Å²) in [6.07, 6.45) is 0. The van der Waals surface area contributed by atoms with Crippen molar-refractivity contribution < 1.29 is 4.79 Å². The Balaban J connectivity index is 2.60. The van der Waals surface area contributed by atoms with Crippen molar-refractivity contribution in [2.75, 3.05) is 38.0 Å². The third-order valence-corrected chi connectivity index (χ3v) is 2.82. The summed E-state index contributed by atoms with van der Waals surface area (Å²) in [6, 6.07) is 0. The van der Waals surface area contributed by atoms with E-state index in [0.29, 0.717) is 29.2 Å². The Morgan fingerprint density at radius 1 is 1.00 bits per heavy atom. The zero-order chi connectivity index (χ0) is 15.7. The van der Waals surface area contributed by atoms with E-state index in [2.05, 4.69) is 25.3 Å². The number of hydrogen-bond acceptors (Lipinski definition) is 8. The largest absolute Gasteiger partial charge is 0.347 e. The Labute approximate surface area is 122 Å². The Kier molecular flexibility index (Phi) is 3.83. The molecule has 0 atom stereocenters. The van der Waals surface area contributed by atoms with Crippen LogP contribution in [0.4, 0.5) is 11.9 Å². The Morgan fingerprint density at radius 2 is 1.52 bits per heavy atom. The Morgan fingerprint density at radius 3 is 1.90 bits per heavy atom. The summed E-state index contributed by atoms with van der Waals surface area (Å²) in [5, 5.41) is 7.84. The van der Waals surface area contributed by atoms with Crippen LogP contribution in [0.25, 0.3) is 5.95 Å². The monoisotopic (exact) mass is 290 g/mol. The Bertz CT molecular complexity index is 650. The summed E-state index contributed by atoms with van der Waals surface area (Å²) in [4.78, 5) is 28.0. The van der Waals surface area contributed by atoms with Crippen molar-refractivity contribution in [2.24, 2.45) is 0 Å². The molecule has 0 radical (unpaired) electrons. The van der Waals surface area contributed by atoms with Crippen LogP contribution in [-0.4, -0.2) is 63.9 Å². The van der Waals surface area contributed by atoms with Crippen LogP contribution in [0.1, 0.15) is 23.1 Å². The molecule has 0 aliphatic rings. The van der Waals surface area contributed by atoms with Gasteiger partial charge < -0.3 is 9.80 Å². The van der Waals surface area contributed by atoms with Crippen molar-refractivity contribution in [3.05, 3.63) is 11.4 Å². The third-order valence-electron chi connectivity index (χ3n) is 2.82. The topological polar surface area (TPSA) is 92.9 Å². The number of nitrogens with zero attached hydrogens (tertiary/aromatic N) is 8. The molecule has 2 aromatic rings. The third kappa shape index (κ3) is 2.81. The van der Waals surface area contributed by atoms with Crippen LogP contribution >= 0.6 is 0 Å². The molecule has 0 fully saturated rings. The number of aromatic nitrogens is 6. The summed E-state index contributed by atoms with van der Waals surface area (Å²) in [5.74, 6) is 1.19. The number of hydrogen-bond donors (Lipinski definition) is 0. The molecule has 0 spiro atoms. The quantitative estimate of drug-likeness (QED) is 0.732. The number of anilines is 2. The molecule has 2 aromatic heterocycles. The van der Waals surface area contributed by atoms with E-state index in [1.165, 1.54) is 11.6 Å². The van der Waals surface area contributed by atoms with Gasteiger partial charge in [0.15, 0.2) is 11.5 Å². The van der Waals surface area contributed by atoms with Gasteiger partial charge in [0.2, 0.25) is 11.9 Å². The lowest BCUT2D eigenvalue weighted by Crippen LogP contribution is -2.21. The van der Waals surface area contributed by atoms with Gasteiger partial charge in [-0.25, -0.2) is 0 Å². The van der Waals surface area contributed by atoms with Crippen LogP contribution in [0.2, 0.25) is 0 Å². The molecule has 0 N–H and O–H groups in total.